The molecule has 0 bridgehead atoms. The number of aryl methyl sites for hydroxylation is 1. The molecule has 2 aromatic carbocycles. The van der Waals surface area contributed by atoms with E-state index >= 15 is 0 Å². The van der Waals surface area contributed by atoms with Crippen LogP contribution in [-0.2, 0) is 16.4 Å². The number of hydrogen-bond donors (Lipinski definition) is 1. The number of nitrogens with one attached hydrogen (secondary N) is 1. The summed E-state index contributed by atoms with van der Waals surface area (Å²) in [4.78, 5) is 0. The van der Waals surface area contributed by atoms with Crippen LogP contribution < -0.4 is 14.2 Å². The Morgan fingerprint density at radius 3 is 2.33 bits per heavy atom. The summed E-state index contributed by atoms with van der Waals surface area (Å²) in [6, 6.07) is 14.2. The number of benzene rings is 2. The summed E-state index contributed by atoms with van der Waals surface area (Å²) in [6.45, 7) is 0. The van der Waals surface area contributed by atoms with Crippen LogP contribution in [0.5, 0.6) is 11.5 Å². The minimum absolute atomic E-state index is 0.0371. The lowest BCUT2D eigenvalue weighted by Gasteiger charge is -2.17. The average molecular weight is 505 g/mol. The second kappa shape index (κ2) is 9.82. The minimum Gasteiger partial charge on any atom is -0.494 e. The zero-order chi connectivity index (χ0) is 23.4. The number of hydrogen-bond acceptors (Lipinski definition) is 7. The van der Waals surface area contributed by atoms with E-state index in [1.54, 1.807) is 47.0 Å². The van der Waals surface area contributed by atoms with Crippen molar-refractivity contribution in [3.05, 3.63) is 69.9 Å². The third kappa shape index (κ3) is 5.13. The summed E-state index contributed by atoms with van der Waals surface area (Å²) in [5.41, 5.74) is 2.13. The molecule has 33 heavy (non-hydrogen) atoms. The van der Waals surface area contributed by atoms with Gasteiger partial charge in [-0.1, -0.05) is 29.8 Å². The van der Waals surface area contributed by atoms with Crippen molar-refractivity contribution >= 4 is 38.9 Å². The van der Waals surface area contributed by atoms with Gasteiger partial charge >= 0.3 is 0 Å². The molecule has 4 rings (SSSR count). The Bertz CT molecular complexity index is 1320. The Kier molecular flexibility index (Phi) is 6.87. The molecule has 172 valence electrons. The van der Waals surface area contributed by atoms with Crippen molar-refractivity contribution in [2.24, 2.45) is 0 Å². The summed E-state index contributed by atoms with van der Waals surface area (Å²) in [5.74, 6) is 1.31. The second-order valence-electron chi connectivity index (χ2n) is 7.00. The van der Waals surface area contributed by atoms with Crippen LogP contribution in [0.25, 0.3) is 17.1 Å². The Morgan fingerprint density at radius 2 is 1.73 bits per heavy atom. The van der Waals surface area contributed by atoms with Gasteiger partial charge in [0.05, 0.1) is 20.0 Å². The zero-order valence-electron chi connectivity index (χ0n) is 17.9. The van der Waals surface area contributed by atoms with Crippen molar-refractivity contribution < 1.29 is 17.9 Å². The fourth-order valence-corrected chi connectivity index (χ4v) is 5.06. The Labute approximate surface area is 200 Å². The predicted molar refractivity (Wildman–Crippen MR) is 130 cm³/mol. The average Bonchev–Trinajstić information content (AvgIpc) is 3.48. The van der Waals surface area contributed by atoms with Crippen molar-refractivity contribution in [2.45, 2.75) is 6.42 Å². The fraction of sp³-hybridized carbons (Fsp3) is 0.182. The molecule has 2 aromatic heterocycles. The molecule has 0 saturated carbocycles. The van der Waals surface area contributed by atoms with Gasteiger partial charge in [0.25, 0.3) is 0 Å². The highest BCUT2D eigenvalue weighted by Crippen LogP contribution is 2.38. The number of thiophene rings is 1. The van der Waals surface area contributed by atoms with Crippen molar-refractivity contribution in [1.29, 1.82) is 0 Å². The van der Waals surface area contributed by atoms with Crippen molar-refractivity contribution in [3.8, 4) is 28.6 Å². The van der Waals surface area contributed by atoms with Gasteiger partial charge in [-0.25, -0.2) is 8.42 Å². The molecule has 0 spiro atoms. The lowest BCUT2D eigenvalue weighted by atomic mass is 10.2. The first-order valence-corrected chi connectivity index (χ1v) is 12.8. The van der Waals surface area contributed by atoms with Crippen LogP contribution in [0.2, 0.25) is 5.02 Å². The highest BCUT2D eigenvalue weighted by molar-refractivity contribution is 7.92. The molecule has 0 fully saturated rings. The Balaban J connectivity index is 1.73. The van der Waals surface area contributed by atoms with Gasteiger partial charge in [0.15, 0.2) is 5.82 Å². The van der Waals surface area contributed by atoms with Gasteiger partial charge in [-0.3, -0.25) is 9.29 Å². The lowest BCUT2D eigenvalue weighted by Crippen LogP contribution is -2.21. The van der Waals surface area contributed by atoms with E-state index in [1.807, 2.05) is 16.8 Å². The molecule has 0 atom stereocenters. The number of methoxy groups -OCH3 is 2. The first-order chi connectivity index (χ1) is 15.9. The molecule has 0 aliphatic rings. The number of ether oxygens (including phenoxy) is 2. The van der Waals surface area contributed by atoms with E-state index in [9.17, 15) is 8.42 Å². The van der Waals surface area contributed by atoms with E-state index < -0.39 is 10.0 Å². The molecule has 0 saturated heterocycles. The van der Waals surface area contributed by atoms with Crippen LogP contribution in [0.1, 0.15) is 5.56 Å². The molecule has 0 unspecified atom stereocenters. The molecular formula is C22H21ClN4O4S2. The van der Waals surface area contributed by atoms with E-state index in [1.165, 1.54) is 25.6 Å². The van der Waals surface area contributed by atoms with E-state index in [-0.39, 0.29) is 11.7 Å². The van der Waals surface area contributed by atoms with Gasteiger partial charge in [0, 0.05) is 16.0 Å². The van der Waals surface area contributed by atoms with Gasteiger partial charge in [0.2, 0.25) is 16.0 Å². The van der Waals surface area contributed by atoms with Gasteiger partial charge in [-0.05, 0) is 47.7 Å². The molecule has 8 nitrogen and oxygen atoms in total. The number of rotatable bonds is 9. The Morgan fingerprint density at radius 1 is 1.03 bits per heavy atom. The molecule has 0 aliphatic heterocycles. The van der Waals surface area contributed by atoms with Crippen molar-refractivity contribution in [3.63, 3.8) is 0 Å². The Hall–Kier alpha value is -3.08. The van der Waals surface area contributed by atoms with Crippen LogP contribution in [0, 0.1) is 0 Å². The number of nitrogens with zero attached hydrogens (tertiary/aromatic N) is 3. The van der Waals surface area contributed by atoms with E-state index in [4.69, 9.17) is 21.1 Å². The number of aromatic nitrogens is 3. The third-order valence-electron chi connectivity index (χ3n) is 4.89. The minimum atomic E-state index is -3.75. The number of sulfonamides is 1. The highest BCUT2D eigenvalue weighted by atomic mass is 35.5. The monoisotopic (exact) mass is 504 g/mol. The summed E-state index contributed by atoms with van der Waals surface area (Å²) < 4.78 is 41.2. The molecule has 2 heterocycles. The molecule has 0 amide bonds. The fourth-order valence-electron chi connectivity index (χ4n) is 3.29. The van der Waals surface area contributed by atoms with Crippen molar-refractivity contribution in [1.82, 2.24) is 14.8 Å². The first kappa shape index (κ1) is 23.1. The smallest absolute Gasteiger partial charge is 0.243 e. The maximum Gasteiger partial charge on any atom is 0.243 e. The topological polar surface area (TPSA) is 95.3 Å². The zero-order valence-corrected chi connectivity index (χ0v) is 20.2. The van der Waals surface area contributed by atoms with Crippen LogP contribution in [0.4, 0.5) is 5.95 Å². The standard InChI is InChI=1S/C22H21ClN4O4S2/c1-30-18-4-3-5-19(31-2)20(18)27-21(16-10-12-32-14-16)24-25-22(27)26-33(28,29)13-11-15-6-8-17(23)9-7-15/h3-10,12,14H,11,13H2,1-2H3,(H,25,26). The maximum atomic E-state index is 12.9. The first-order valence-electron chi connectivity index (χ1n) is 9.86. The third-order valence-corrected chi connectivity index (χ3v) is 7.06. The number of halogens is 1. The second-order valence-corrected chi connectivity index (χ2v) is 10.1. The quantitative estimate of drug-likeness (QED) is 0.356. The van der Waals surface area contributed by atoms with E-state index in [0.29, 0.717) is 34.5 Å². The van der Waals surface area contributed by atoms with Gasteiger partial charge in [-0.2, -0.15) is 11.3 Å². The number of para-hydroxylation sites is 1. The normalized spacial score (nSPS) is 11.4. The van der Waals surface area contributed by atoms with Gasteiger partial charge < -0.3 is 9.47 Å². The summed E-state index contributed by atoms with van der Waals surface area (Å²) >= 11 is 7.41. The van der Waals surface area contributed by atoms with Crippen LogP contribution >= 0.6 is 22.9 Å². The van der Waals surface area contributed by atoms with E-state index in [2.05, 4.69) is 14.9 Å². The maximum absolute atomic E-state index is 12.9. The SMILES string of the molecule is COc1cccc(OC)c1-n1c(NS(=O)(=O)CCc2ccc(Cl)cc2)nnc1-c1ccsc1. The molecular weight excluding hydrogens is 484 g/mol. The summed E-state index contributed by atoms with van der Waals surface area (Å²) in [7, 11) is -0.692. The molecule has 11 heteroatoms. The van der Waals surface area contributed by atoms with Crippen LogP contribution in [-0.4, -0.2) is 43.2 Å². The lowest BCUT2D eigenvalue weighted by molar-refractivity contribution is 0.391. The largest absolute Gasteiger partial charge is 0.494 e. The van der Waals surface area contributed by atoms with Gasteiger partial charge in [-0.15, -0.1) is 10.2 Å². The molecule has 4 aromatic rings. The predicted octanol–water partition coefficient (Wildman–Crippen LogP) is 4.65. The van der Waals surface area contributed by atoms with Crippen molar-refractivity contribution in [2.75, 3.05) is 24.7 Å². The number of anilines is 1. The highest BCUT2D eigenvalue weighted by Gasteiger charge is 2.25. The molecule has 0 radical (unpaired) electrons. The molecule has 1 N–H and O–H groups in total. The summed E-state index contributed by atoms with van der Waals surface area (Å²) in [5, 5.41) is 12.8. The van der Waals surface area contributed by atoms with Crippen LogP contribution in [0.15, 0.2) is 59.3 Å². The van der Waals surface area contributed by atoms with Crippen LogP contribution in [0.3, 0.4) is 0 Å². The van der Waals surface area contributed by atoms with Gasteiger partial charge in [0.1, 0.15) is 17.2 Å². The summed E-state index contributed by atoms with van der Waals surface area (Å²) in [6.07, 6.45) is 0.315. The van der Waals surface area contributed by atoms with E-state index in [0.717, 1.165) is 11.1 Å². The molecule has 0 aliphatic carbocycles.